The minimum atomic E-state index is 0.0627. The maximum atomic E-state index is 6.42. The van der Waals surface area contributed by atoms with Gasteiger partial charge in [0.05, 0.1) is 7.11 Å². The topological polar surface area (TPSA) is 21.3 Å². The van der Waals surface area contributed by atoms with Gasteiger partial charge in [-0.15, -0.1) is 0 Å². The molecule has 1 saturated heterocycles. The molecule has 0 unspecified atom stereocenters. The molecule has 110 valence electrons. The van der Waals surface area contributed by atoms with Crippen molar-refractivity contribution in [3.8, 4) is 5.75 Å². The molecule has 0 bridgehead atoms. The van der Waals surface area contributed by atoms with Crippen molar-refractivity contribution in [2.45, 2.75) is 11.8 Å². The van der Waals surface area contributed by atoms with Gasteiger partial charge in [-0.05, 0) is 41.8 Å². The molecule has 0 atom stereocenters. The maximum absolute atomic E-state index is 6.42. The standard InChI is InChI=1S/C17H17BrClNO/c1-21-13-6-7-15(18)12(8-13)9-17(10-20-11-17)14-4-2-3-5-16(14)19/h2-8,20H,9-11H2,1H3. The number of nitrogens with one attached hydrogen (secondary N) is 1. The molecule has 4 heteroatoms. The molecular weight excluding hydrogens is 350 g/mol. The number of ether oxygens (including phenoxy) is 1. The lowest BCUT2D eigenvalue weighted by Gasteiger charge is -2.44. The van der Waals surface area contributed by atoms with Gasteiger partial charge in [-0.25, -0.2) is 0 Å². The van der Waals surface area contributed by atoms with Crippen molar-refractivity contribution in [2.24, 2.45) is 0 Å². The smallest absolute Gasteiger partial charge is 0.119 e. The maximum Gasteiger partial charge on any atom is 0.119 e. The minimum Gasteiger partial charge on any atom is -0.497 e. The number of halogens is 2. The normalized spacial score (nSPS) is 16.3. The van der Waals surface area contributed by atoms with E-state index in [1.807, 2.05) is 24.3 Å². The first-order chi connectivity index (χ1) is 10.1. The molecule has 0 aliphatic carbocycles. The molecular formula is C17H17BrClNO. The van der Waals surface area contributed by atoms with E-state index in [0.717, 1.165) is 34.8 Å². The Hall–Kier alpha value is -1.03. The van der Waals surface area contributed by atoms with Gasteiger partial charge >= 0.3 is 0 Å². The summed E-state index contributed by atoms with van der Waals surface area (Å²) in [6, 6.07) is 14.3. The Kier molecular flexibility index (Phi) is 4.25. The second-order valence-corrected chi connectivity index (χ2v) is 6.76. The van der Waals surface area contributed by atoms with Crippen LogP contribution in [-0.4, -0.2) is 20.2 Å². The molecule has 1 heterocycles. The summed E-state index contributed by atoms with van der Waals surface area (Å²) in [6.45, 7) is 1.89. The van der Waals surface area contributed by atoms with Crippen LogP contribution >= 0.6 is 27.5 Å². The summed E-state index contributed by atoms with van der Waals surface area (Å²) in [7, 11) is 1.70. The third-order valence-electron chi connectivity index (χ3n) is 4.15. The molecule has 0 aromatic heterocycles. The highest BCUT2D eigenvalue weighted by Gasteiger charge is 2.40. The fraction of sp³-hybridized carbons (Fsp3) is 0.294. The van der Waals surface area contributed by atoms with Gasteiger partial charge in [-0.3, -0.25) is 0 Å². The molecule has 2 nitrogen and oxygen atoms in total. The Morgan fingerprint density at radius 3 is 2.62 bits per heavy atom. The van der Waals surface area contributed by atoms with Crippen molar-refractivity contribution in [1.29, 1.82) is 0 Å². The molecule has 2 aromatic carbocycles. The summed E-state index contributed by atoms with van der Waals surface area (Å²) in [6.07, 6.45) is 0.932. The Morgan fingerprint density at radius 1 is 1.24 bits per heavy atom. The van der Waals surface area contributed by atoms with Crippen molar-refractivity contribution >= 4 is 27.5 Å². The fourth-order valence-corrected chi connectivity index (χ4v) is 3.63. The molecule has 1 aliphatic rings. The van der Waals surface area contributed by atoms with Crippen LogP contribution in [-0.2, 0) is 11.8 Å². The Morgan fingerprint density at radius 2 is 2.00 bits per heavy atom. The molecule has 21 heavy (non-hydrogen) atoms. The Labute approximate surface area is 138 Å². The molecule has 0 saturated carbocycles. The van der Waals surface area contributed by atoms with Gasteiger partial charge in [0.25, 0.3) is 0 Å². The molecule has 2 aromatic rings. The van der Waals surface area contributed by atoms with E-state index < -0.39 is 0 Å². The number of methoxy groups -OCH3 is 1. The Balaban J connectivity index is 1.97. The van der Waals surface area contributed by atoms with Crippen LogP contribution < -0.4 is 10.1 Å². The lowest BCUT2D eigenvalue weighted by Crippen LogP contribution is -2.58. The summed E-state index contributed by atoms with van der Waals surface area (Å²) in [5.41, 5.74) is 2.53. The highest BCUT2D eigenvalue weighted by Crippen LogP contribution is 2.38. The second kappa shape index (κ2) is 5.99. The van der Waals surface area contributed by atoms with Gasteiger partial charge in [0.1, 0.15) is 5.75 Å². The average Bonchev–Trinajstić information content (AvgIpc) is 2.46. The summed E-state index contributed by atoms with van der Waals surface area (Å²) < 4.78 is 6.46. The SMILES string of the molecule is COc1ccc(Br)c(CC2(c3ccccc3Cl)CNC2)c1. The predicted molar refractivity (Wildman–Crippen MR) is 90.4 cm³/mol. The molecule has 0 radical (unpaired) electrons. The highest BCUT2D eigenvalue weighted by atomic mass is 79.9. The van der Waals surface area contributed by atoms with Gasteiger partial charge in [0.2, 0.25) is 0 Å². The van der Waals surface area contributed by atoms with E-state index in [2.05, 4.69) is 39.4 Å². The predicted octanol–water partition coefficient (Wildman–Crippen LogP) is 4.19. The second-order valence-electron chi connectivity index (χ2n) is 5.50. The van der Waals surface area contributed by atoms with Crippen LogP contribution in [0.15, 0.2) is 46.9 Å². The van der Waals surface area contributed by atoms with E-state index in [0.29, 0.717) is 0 Å². The summed E-state index contributed by atoms with van der Waals surface area (Å²) in [5, 5.41) is 4.24. The largest absolute Gasteiger partial charge is 0.497 e. The summed E-state index contributed by atoms with van der Waals surface area (Å²) >= 11 is 10.1. The van der Waals surface area contributed by atoms with Crippen molar-refractivity contribution in [3.05, 3.63) is 63.1 Å². The first-order valence-electron chi connectivity index (χ1n) is 6.93. The summed E-state index contributed by atoms with van der Waals surface area (Å²) in [4.78, 5) is 0. The van der Waals surface area contributed by atoms with Gasteiger partial charge in [-0.2, -0.15) is 0 Å². The molecule has 1 aliphatic heterocycles. The summed E-state index contributed by atoms with van der Waals surface area (Å²) in [5.74, 6) is 0.884. The third-order valence-corrected chi connectivity index (χ3v) is 5.26. The fourth-order valence-electron chi connectivity index (χ4n) is 2.91. The van der Waals surface area contributed by atoms with Crippen LogP contribution in [0.3, 0.4) is 0 Å². The zero-order valence-electron chi connectivity index (χ0n) is 11.8. The molecule has 0 spiro atoms. The number of rotatable bonds is 4. The quantitative estimate of drug-likeness (QED) is 0.876. The number of benzene rings is 2. The monoisotopic (exact) mass is 365 g/mol. The average molecular weight is 367 g/mol. The number of hydrogen-bond donors (Lipinski definition) is 1. The van der Waals surface area contributed by atoms with Crippen LogP contribution in [0.25, 0.3) is 0 Å². The highest BCUT2D eigenvalue weighted by molar-refractivity contribution is 9.10. The zero-order valence-corrected chi connectivity index (χ0v) is 14.2. The van der Waals surface area contributed by atoms with Crippen molar-refractivity contribution in [2.75, 3.05) is 20.2 Å². The Bertz CT molecular complexity index is 655. The van der Waals surface area contributed by atoms with E-state index in [9.17, 15) is 0 Å². The first-order valence-corrected chi connectivity index (χ1v) is 8.10. The lowest BCUT2D eigenvalue weighted by molar-refractivity contribution is 0.274. The van der Waals surface area contributed by atoms with E-state index in [1.54, 1.807) is 7.11 Å². The van der Waals surface area contributed by atoms with Crippen LogP contribution in [0.5, 0.6) is 5.75 Å². The van der Waals surface area contributed by atoms with Gasteiger partial charge in [-0.1, -0.05) is 45.7 Å². The van der Waals surface area contributed by atoms with Crippen LogP contribution in [0.1, 0.15) is 11.1 Å². The van der Waals surface area contributed by atoms with Gasteiger partial charge < -0.3 is 10.1 Å². The molecule has 0 amide bonds. The third kappa shape index (κ3) is 2.83. The molecule has 3 rings (SSSR count). The van der Waals surface area contributed by atoms with Crippen LogP contribution in [0, 0.1) is 0 Å². The minimum absolute atomic E-state index is 0.0627. The van der Waals surface area contributed by atoms with Crippen molar-refractivity contribution in [3.63, 3.8) is 0 Å². The lowest BCUT2D eigenvalue weighted by atomic mass is 9.71. The van der Waals surface area contributed by atoms with Crippen molar-refractivity contribution in [1.82, 2.24) is 5.32 Å². The van der Waals surface area contributed by atoms with E-state index >= 15 is 0 Å². The van der Waals surface area contributed by atoms with E-state index in [-0.39, 0.29) is 5.41 Å². The van der Waals surface area contributed by atoms with E-state index in [1.165, 1.54) is 11.1 Å². The van der Waals surface area contributed by atoms with Gasteiger partial charge in [0, 0.05) is 28.0 Å². The number of hydrogen-bond acceptors (Lipinski definition) is 2. The van der Waals surface area contributed by atoms with Crippen LogP contribution in [0.4, 0.5) is 0 Å². The van der Waals surface area contributed by atoms with Crippen LogP contribution in [0.2, 0.25) is 5.02 Å². The molecule has 1 fully saturated rings. The van der Waals surface area contributed by atoms with Gasteiger partial charge in [0.15, 0.2) is 0 Å². The first kappa shape index (κ1) is 14.9. The van der Waals surface area contributed by atoms with E-state index in [4.69, 9.17) is 16.3 Å². The van der Waals surface area contributed by atoms with Crippen molar-refractivity contribution < 1.29 is 4.74 Å². The zero-order chi connectivity index (χ0) is 14.9. The molecule has 1 N–H and O–H groups in total.